The summed E-state index contributed by atoms with van der Waals surface area (Å²) in [5.74, 6) is 2.62. The number of carbonyl (C=O) groups excluding carboxylic acids is 1. The second-order valence-corrected chi connectivity index (χ2v) is 7.14. The third kappa shape index (κ3) is 4.23. The van der Waals surface area contributed by atoms with Gasteiger partial charge in [0, 0.05) is 11.6 Å². The van der Waals surface area contributed by atoms with Crippen LogP contribution < -0.4 is 14.6 Å². The smallest absolute Gasteiger partial charge is 0.274 e. The van der Waals surface area contributed by atoms with Gasteiger partial charge in [-0.25, -0.2) is 4.98 Å². The van der Waals surface area contributed by atoms with Crippen molar-refractivity contribution in [3.05, 3.63) is 71.2 Å². The van der Waals surface area contributed by atoms with Crippen LogP contribution in [0.15, 0.2) is 53.2 Å². The minimum atomic E-state index is 0.0546. The lowest BCUT2D eigenvalue weighted by atomic mass is 10.1. The van der Waals surface area contributed by atoms with Gasteiger partial charge >= 0.3 is 0 Å². The molecule has 0 radical (unpaired) electrons. The summed E-state index contributed by atoms with van der Waals surface area (Å²) in [6, 6.07) is 13.3. The number of aromatic nitrogens is 2. The molecule has 0 spiro atoms. The van der Waals surface area contributed by atoms with Gasteiger partial charge in [-0.05, 0) is 44.2 Å². The van der Waals surface area contributed by atoms with Crippen molar-refractivity contribution in [2.75, 3.05) is 31.1 Å². The molecule has 1 amide bonds. The van der Waals surface area contributed by atoms with E-state index < -0.39 is 0 Å². The minimum absolute atomic E-state index is 0.0546. The predicted octanol–water partition coefficient (Wildman–Crippen LogP) is 2.65. The van der Waals surface area contributed by atoms with Crippen LogP contribution >= 0.6 is 0 Å². The Kier molecular flexibility index (Phi) is 5.46. The van der Waals surface area contributed by atoms with E-state index in [1.165, 1.54) is 0 Å². The largest absolute Gasteiger partial charge is 0.489 e. The molecule has 0 atom stereocenters. The molecule has 1 saturated heterocycles. The van der Waals surface area contributed by atoms with Crippen molar-refractivity contribution < 1.29 is 19.0 Å². The van der Waals surface area contributed by atoms with E-state index in [0.29, 0.717) is 31.0 Å². The summed E-state index contributed by atoms with van der Waals surface area (Å²) in [4.78, 5) is 20.2. The fourth-order valence-electron chi connectivity index (χ4n) is 3.47. The van der Waals surface area contributed by atoms with Crippen molar-refractivity contribution in [2.45, 2.75) is 20.5 Å². The zero-order chi connectivity index (χ0) is 20.2. The first-order valence-electron chi connectivity index (χ1n) is 9.77. The summed E-state index contributed by atoms with van der Waals surface area (Å²) in [6.07, 6.45) is 1.92. The molecular formula is C22H25N4O3+. The molecule has 1 aliphatic heterocycles. The maximum atomic E-state index is 12.8. The molecule has 1 aromatic carbocycles. The first-order valence-corrected chi connectivity index (χ1v) is 9.77. The second-order valence-electron chi connectivity index (χ2n) is 7.14. The van der Waals surface area contributed by atoms with Gasteiger partial charge in [-0.15, -0.1) is 0 Å². The van der Waals surface area contributed by atoms with E-state index in [4.69, 9.17) is 9.26 Å². The van der Waals surface area contributed by atoms with Gasteiger partial charge < -0.3 is 14.2 Å². The van der Waals surface area contributed by atoms with E-state index in [-0.39, 0.29) is 5.91 Å². The zero-order valence-electron chi connectivity index (χ0n) is 16.7. The first kappa shape index (κ1) is 19.0. The van der Waals surface area contributed by atoms with Crippen LogP contribution in [0.4, 0.5) is 5.82 Å². The lowest BCUT2D eigenvalue weighted by molar-refractivity contribution is -0.364. The monoisotopic (exact) mass is 393 g/mol. The van der Waals surface area contributed by atoms with Crippen molar-refractivity contribution in [1.29, 1.82) is 0 Å². The summed E-state index contributed by atoms with van der Waals surface area (Å²) in [6.45, 7) is 7.18. The molecule has 150 valence electrons. The van der Waals surface area contributed by atoms with Gasteiger partial charge in [0.25, 0.3) is 11.7 Å². The molecule has 3 heterocycles. The molecule has 7 heteroatoms. The number of ether oxygens (including phenoxy) is 1. The molecule has 0 bridgehead atoms. The van der Waals surface area contributed by atoms with Crippen LogP contribution in [0.25, 0.3) is 0 Å². The highest BCUT2D eigenvalue weighted by Crippen LogP contribution is 2.19. The predicted molar refractivity (Wildman–Crippen MR) is 108 cm³/mol. The number of amides is 1. The van der Waals surface area contributed by atoms with Crippen molar-refractivity contribution in [3.8, 4) is 5.75 Å². The number of aromatic amines is 1. The summed E-state index contributed by atoms with van der Waals surface area (Å²) >= 11 is 0. The van der Waals surface area contributed by atoms with Crippen molar-refractivity contribution in [3.63, 3.8) is 0 Å². The third-order valence-electron chi connectivity index (χ3n) is 5.27. The third-order valence-corrected chi connectivity index (χ3v) is 5.27. The lowest BCUT2D eigenvalue weighted by Gasteiger charge is -2.31. The molecule has 1 aliphatic rings. The number of benzene rings is 1. The Morgan fingerprint density at radius 3 is 2.48 bits per heavy atom. The van der Waals surface area contributed by atoms with E-state index >= 15 is 0 Å². The average Bonchev–Trinajstić information content (AvgIpc) is 3.10. The van der Waals surface area contributed by atoms with Crippen LogP contribution in [-0.4, -0.2) is 42.1 Å². The normalized spacial score (nSPS) is 14.1. The first-order chi connectivity index (χ1) is 14.1. The molecule has 7 nitrogen and oxygen atoms in total. The van der Waals surface area contributed by atoms with Crippen LogP contribution in [0.2, 0.25) is 0 Å². The van der Waals surface area contributed by atoms with Gasteiger partial charge in [0.15, 0.2) is 0 Å². The zero-order valence-corrected chi connectivity index (χ0v) is 16.7. The highest BCUT2D eigenvalue weighted by Gasteiger charge is 2.26. The Morgan fingerprint density at radius 1 is 1.10 bits per heavy atom. The molecule has 2 aromatic heterocycles. The molecule has 0 unspecified atom stereocenters. The van der Waals surface area contributed by atoms with Gasteiger partial charge in [-0.3, -0.25) is 9.69 Å². The molecular weight excluding hydrogens is 368 g/mol. The fraction of sp³-hybridized carbons (Fsp3) is 0.318. The average molecular weight is 393 g/mol. The van der Waals surface area contributed by atoms with Crippen LogP contribution in [0, 0.1) is 13.8 Å². The van der Waals surface area contributed by atoms with E-state index in [2.05, 4.69) is 21.1 Å². The maximum absolute atomic E-state index is 12.8. The molecule has 1 N–H and O–H groups in total. The number of pyridine rings is 1. The Morgan fingerprint density at radius 2 is 1.86 bits per heavy atom. The number of hydrogen-bond acceptors (Lipinski definition) is 5. The number of nitrogens with zero attached hydrogens (tertiary/aromatic N) is 3. The topological polar surface area (TPSA) is 73.0 Å². The van der Waals surface area contributed by atoms with E-state index in [1.807, 2.05) is 61.3 Å². The highest BCUT2D eigenvalue weighted by atomic mass is 16.5. The Hall–Kier alpha value is -3.35. The van der Waals surface area contributed by atoms with Gasteiger partial charge in [-0.1, -0.05) is 11.2 Å². The fourth-order valence-corrected chi connectivity index (χ4v) is 3.47. The Labute approximate surface area is 169 Å². The molecule has 4 rings (SSSR count). The van der Waals surface area contributed by atoms with E-state index in [9.17, 15) is 4.79 Å². The SMILES string of the molecule is Cc1noc(C)c1COc1ccc(C(=O)N2CCN(c3cccc[nH+]3)CC2)cc1. The summed E-state index contributed by atoms with van der Waals surface area (Å²) in [7, 11) is 0. The van der Waals surface area contributed by atoms with Crippen LogP contribution in [0.3, 0.4) is 0 Å². The maximum Gasteiger partial charge on any atom is 0.274 e. The number of anilines is 1. The Balaban J connectivity index is 1.33. The van der Waals surface area contributed by atoms with Crippen LogP contribution in [0.1, 0.15) is 27.4 Å². The summed E-state index contributed by atoms with van der Waals surface area (Å²) in [5, 5.41) is 3.93. The second kappa shape index (κ2) is 8.34. The number of carbonyl (C=O) groups is 1. The number of piperazine rings is 1. The van der Waals surface area contributed by atoms with Crippen molar-refractivity contribution >= 4 is 11.7 Å². The summed E-state index contributed by atoms with van der Waals surface area (Å²) < 4.78 is 11.0. The van der Waals surface area contributed by atoms with Gasteiger partial charge in [0.1, 0.15) is 31.2 Å². The van der Waals surface area contributed by atoms with E-state index in [1.54, 1.807) is 0 Å². The van der Waals surface area contributed by atoms with Crippen LogP contribution in [-0.2, 0) is 6.61 Å². The van der Waals surface area contributed by atoms with Gasteiger partial charge in [0.05, 0.1) is 30.5 Å². The Bertz CT molecular complexity index is 942. The van der Waals surface area contributed by atoms with E-state index in [0.717, 1.165) is 35.9 Å². The quantitative estimate of drug-likeness (QED) is 0.666. The molecule has 29 heavy (non-hydrogen) atoms. The number of rotatable bonds is 5. The van der Waals surface area contributed by atoms with Crippen molar-refractivity contribution in [1.82, 2.24) is 10.1 Å². The number of aryl methyl sites for hydroxylation is 2. The lowest BCUT2D eigenvalue weighted by Crippen LogP contribution is -2.50. The summed E-state index contributed by atoms with van der Waals surface area (Å²) in [5.41, 5.74) is 2.47. The van der Waals surface area contributed by atoms with Crippen LogP contribution in [0.5, 0.6) is 5.75 Å². The molecule has 1 fully saturated rings. The highest BCUT2D eigenvalue weighted by molar-refractivity contribution is 5.94. The number of hydrogen-bond donors (Lipinski definition) is 0. The van der Waals surface area contributed by atoms with Gasteiger partial charge in [0.2, 0.25) is 0 Å². The van der Waals surface area contributed by atoms with Crippen molar-refractivity contribution in [2.24, 2.45) is 0 Å². The number of H-pyrrole nitrogens is 1. The minimum Gasteiger partial charge on any atom is -0.489 e. The molecule has 0 saturated carbocycles. The van der Waals surface area contributed by atoms with Gasteiger partial charge in [-0.2, -0.15) is 0 Å². The number of nitrogens with one attached hydrogen (secondary N) is 1. The molecule has 3 aromatic rings. The molecule has 0 aliphatic carbocycles. The standard InChI is InChI=1S/C22H24N4O3/c1-16-20(17(2)29-24-16)15-28-19-8-6-18(7-9-19)22(27)26-13-11-25(12-14-26)21-5-3-4-10-23-21/h3-10H,11-15H2,1-2H3/p+1.